The molecule has 0 spiro atoms. The molecule has 2 aliphatic heterocycles. The van der Waals surface area contributed by atoms with Crippen molar-refractivity contribution in [2.45, 2.75) is 25.5 Å². The summed E-state index contributed by atoms with van der Waals surface area (Å²) in [6.45, 7) is -0.718. The smallest absolute Gasteiger partial charge is 0.528 e. The molecule has 9 nitrogen and oxygen atoms in total. The van der Waals surface area contributed by atoms with Gasteiger partial charge in [-0.05, 0) is 42.4 Å². The molecule has 2 aromatic rings. The van der Waals surface area contributed by atoms with E-state index in [-0.39, 0.29) is 42.4 Å². The Morgan fingerprint density at radius 2 is 1.55 bits per heavy atom. The van der Waals surface area contributed by atoms with E-state index >= 15 is 0 Å². The summed E-state index contributed by atoms with van der Waals surface area (Å²) in [6.07, 6.45) is 0.562. The molecule has 172 valence electrons. The summed E-state index contributed by atoms with van der Waals surface area (Å²) in [4.78, 5) is 23.1. The maximum atomic E-state index is 14.5. The number of carboxylic acids is 2. The van der Waals surface area contributed by atoms with E-state index in [0.29, 0.717) is 0 Å². The Labute approximate surface area is 184 Å². The Morgan fingerprint density at radius 1 is 0.939 bits per heavy atom. The van der Waals surface area contributed by atoms with Crippen LogP contribution in [0.1, 0.15) is 31.8 Å². The molecule has 0 saturated heterocycles. The molecular formula is C19H15B2F3O9. The fourth-order valence-electron chi connectivity index (χ4n) is 3.72. The average Bonchev–Trinajstić information content (AvgIpc) is 2.74. The molecule has 2 aliphatic rings. The van der Waals surface area contributed by atoms with Crippen LogP contribution in [0, 0.1) is 17.5 Å². The second kappa shape index (κ2) is 8.87. The summed E-state index contributed by atoms with van der Waals surface area (Å²) in [5.41, 5.74) is -1.22. The molecule has 0 amide bonds. The summed E-state index contributed by atoms with van der Waals surface area (Å²) in [5, 5.41) is 28.4. The van der Waals surface area contributed by atoms with Crippen molar-refractivity contribution >= 4 is 26.2 Å². The molecule has 0 atom stereocenters. The first-order valence-corrected chi connectivity index (χ1v) is 9.76. The third-order valence-corrected chi connectivity index (χ3v) is 5.21. The van der Waals surface area contributed by atoms with Crippen LogP contribution in [-0.4, -0.2) is 48.2 Å². The quantitative estimate of drug-likeness (QED) is 0.434. The van der Waals surface area contributed by atoms with Crippen LogP contribution in [0.4, 0.5) is 13.2 Å². The molecule has 0 fully saturated rings. The van der Waals surface area contributed by atoms with Gasteiger partial charge in [-0.3, -0.25) is 0 Å². The van der Waals surface area contributed by atoms with Crippen molar-refractivity contribution in [2.24, 2.45) is 0 Å². The lowest BCUT2D eigenvalue weighted by molar-refractivity contribution is 0.0666. The van der Waals surface area contributed by atoms with Crippen LogP contribution >= 0.6 is 0 Å². The van der Waals surface area contributed by atoms with Gasteiger partial charge in [0, 0.05) is 6.32 Å². The second-order valence-electron chi connectivity index (χ2n) is 7.32. The zero-order valence-corrected chi connectivity index (χ0v) is 16.8. The van der Waals surface area contributed by atoms with Crippen LogP contribution in [0.15, 0.2) is 12.1 Å². The number of aromatic carboxylic acids is 2. The third kappa shape index (κ3) is 4.31. The first kappa shape index (κ1) is 22.8. The van der Waals surface area contributed by atoms with E-state index in [4.69, 9.17) is 18.7 Å². The van der Waals surface area contributed by atoms with Gasteiger partial charge < -0.3 is 33.9 Å². The highest BCUT2D eigenvalue weighted by molar-refractivity contribution is 6.46. The molecule has 0 aliphatic carbocycles. The lowest BCUT2D eigenvalue weighted by Gasteiger charge is -2.25. The van der Waals surface area contributed by atoms with Crippen LogP contribution in [-0.2, 0) is 17.5 Å². The molecule has 33 heavy (non-hydrogen) atoms. The van der Waals surface area contributed by atoms with Crippen molar-refractivity contribution in [3.05, 3.63) is 51.8 Å². The molecule has 4 rings (SSSR count). The minimum absolute atomic E-state index is 0.0940. The summed E-state index contributed by atoms with van der Waals surface area (Å²) in [6, 6.07) is 1.87. The number of benzene rings is 2. The van der Waals surface area contributed by atoms with Crippen molar-refractivity contribution in [2.75, 3.05) is 6.79 Å². The van der Waals surface area contributed by atoms with Gasteiger partial charge in [-0.1, -0.05) is 0 Å². The number of carbonyl (C=O) groups is 2. The first-order chi connectivity index (χ1) is 15.7. The molecule has 0 radical (unpaired) electrons. The van der Waals surface area contributed by atoms with Gasteiger partial charge in [0.2, 0.25) is 0 Å². The largest absolute Gasteiger partial charge is 0.535 e. The number of fused-ring (bicyclic) bond motifs is 2. The van der Waals surface area contributed by atoms with Crippen LogP contribution < -0.4 is 14.0 Å². The highest BCUT2D eigenvalue weighted by Crippen LogP contribution is 2.39. The van der Waals surface area contributed by atoms with Crippen LogP contribution in [0.25, 0.3) is 0 Å². The number of hydrogen-bond donors (Lipinski definition) is 3. The minimum atomic E-state index is -1.73. The fraction of sp³-hybridized carbons (Fsp3) is 0.263. The normalized spacial score (nSPS) is 14.7. The van der Waals surface area contributed by atoms with Crippen molar-refractivity contribution in [1.29, 1.82) is 0 Å². The van der Waals surface area contributed by atoms with Gasteiger partial charge in [0.25, 0.3) is 0 Å². The summed E-state index contributed by atoms with van der Waals surface area (Å²) >= 11 is 0. The number of carboxylic acid groups (broad SMARTS) is 2. The first-order valence-electron chi connectivity index (χ1n) is 9.76. The summed E-state index contributed by atoms with van der Waals surface area (Å²) in [7, 11) is -2.41. The number of rotatable bonds is 6. The number of aryl methyl sites for hydroxylation is 2. The monoisotopic (exact) mass is 466 g/mol. The zero-order chi connectivity index (χ0) is 23.9. The Morgan fingerprint density at radius 3 is 2.21 bits per heavy atom. The van der Waals surface area contributed by atoms with E-state index in [2.05, 4.69) is 0 Å². The second-order valence-corrected chi connectivity index (χ2v) is 7.32. The predicted octanol–water partition coefficient (Wildman–Crippen LogP) is 2.39. The Hall–Kier alpha value is -3.38. The Kier molecular flexibility index (Phi) is 6.13. The van der Waals surface area contributed by atoms with E-state index in [1.165, 1.54) is 0 Å². The molecule has 3 N–H and O–H groups in total. The van der Waals surface area contributed by atoms with Crippen molar-refractivity contribution < 1.29 is 56.7 Å². The van der Waals surface area contributed by atoms with Gasteiger partial charge in [0.15, 0.2) is 30.0 Å². The van der Waals surface area contributed by atoms with E-state index in [0.717, 1.165) is 12.1 Å². The topological polar surface area (TPSA) is 132 Å². The van der Waals surface area contributed by atoms with Crippen molar-refractivity contribution in [3.63, 3.8) is 0 Å². The van der Waals surface area contributed by atoms with Gasteiger partial charge >= 0.3 is 26.2 Å². The molecule has 0 aromatic heterocycles. The molecule has 0 unspecified atom stereocenters. The van der Waals surface area contributed by atoms with Crippen molar-refractivity contribution in [3.8, 4) is 17.2 Å². The molecule has 2 heterocycles. The number of hydrogen-bond acceptors (Lipinski definition) is 7. The highest BCUT2D eigenvalue weighted by Gasteiger charge is 2.35. The van der Waals surface area contributed by atoms with E-state index in [1.807, 2.05) is 0 Å². The molecule has 0 bridgehead atoms. The molecule has 14 heteroatoms. The zero-order valence-electron chi connectivity index (χ0n) is 16.8. The maximum Gasteiger partial charge on any atom is 0.528 e. The van der Waals surface area contributed by atoms with E-state index in [1.54, 1.807) is 0 Å². The number of ether oxygens (including phenoxy) is 1. The van der Waals surface area contributed by atoms with Gasteiger partial charge in [-0.25, -0.2) is 22.8 Å². The maximum absolute atomic E-state index is 14.5. The average molecular weight is 466 g/mol. The third-order valence-electron chi connectivity index (χ3n) is 5.21. The summed E-state index contributed by atoms with van der Waals surface area (Å²) < 4.78 is 63.1. The van der Waals surface area contributed by atoms with Gasteiger partial charge in [-0.15, -0.1) is 0 Å². The van der Waals surface area contributed by atoms with Crippen LogP contribution in [0.5, 0.6) is 17.2 Å². The van der Waals surface area contributed by atoms with Gasteiger partial charge in [-0.2, -0.15) is 0 Å². The molecular weight excluding hydrogens is 451 g/mol. The van der Waals surface area contributed by atoms with Gasteiger partial charge in [0.1, 0.15) is 22.6 Å². The van der Waals surface area contributed by atoms with E-state index in [9.17, 15) is 38.0 Å². The SMILES string of the molecule is O=C(O)c1c(F)c(F)cc2c1OB(OCOc1c(F)cc3c(c1C(=O)O)OB(O)CC3)CC2. The van der Waals surface area contributed by atoms with Gasteiger partial charge in [0.05, 0.1) is 0 Å². The van der Waals surface area contributed by atoms with Crippen LogP contribution in [0.3, 0.4) is 0 Å². The fourth-order valence-corrected chi connectivity index (χ4v) is 3.72. The minimum Gasteiger partial charge on any atom is -0.535 e. The lowest BCUT2D eigenvalue weighted by atomic mass is 9.77. The van der Waals surface area contributed by atoms with E-state index < -0.39 is 73.0 Å². The Balaban J connectivity index is 1.52. The van der Waals surface area contributed by atoms with Crippen LogP contribution in [0.2, 0.25) is 12.6 Å². The number of halogens is 3. The molecule has 0 saturated carbocycles. The summed E-state index contributed by atoms with van der Waals surface area (Å²) in [5.74, 6) is -8.49. The van der Waals surface area contributed by atoms with Crippen molar-refractivity contribution in [1.82, 2.24) is 0 Å². The lowest BCUT2D eigenvalue weighted by Crippen LogP contribution is -2.33. The highest BCUT2D eigenvalue weighted by atomic mass is 19.2. The Bertz CT molecular complexity index is 1140. The molecule has 2 aromatic carbocycles. The predicted molar refractivity (Wildman–Crippen MR) is 105 cm³/mol. The standard InChI is InChI=1S/C19H15B2F3O9/c22-10-5-9-2-4-21(33-15(9)12(14(10)24)18(25)26)31-7-30-17-11(23)6-8-1-3-20(29)32-16(8)13(17)19(27)28/h5-6,29H,1-4,7H2,(H,25,26)(H,27,28).